The number of hydrogen-bond acceptors (Lipinski definition) is 6. The predicted molar refractivity (Wildman–Crippen MR) is 128 cm³/mol. The fourth-order valence-electron chi connectivity index (χ4n) is 3.99. The SMILES string of the molecule is O=C(O)C1(N=Nc2c(O)n(-c3cccs3)c3ccccc23)C=CC=C(c2ccccc2O)C1. The summed E-state index contributed by atoms with van der Waals surface area (Å²) < 4.78 is 1.67. The molecule has 7 nitrogen and oxygen atoms in total. The third-order valence-corrected chi connectivity index (χ3v) is 6.48. The Morgan fingerprint density at radius 3 is 2.58 bits per heavy atom. The maximum absolute atomic E-state index is 12.3. The van der Waals surface area contributed by atoms with E-state index >= 15 is 0 Å². The van der Waals surface area contributed by atoms with Gasteiger partial charge in [0.05, 0.1) is 5.52 Å². The van der Waals surface area contributed by atoms with E-state index in [2.05, 4.69) is 10.2 Å². The summed E-state index contributed by atoms with van der Waals surface area (Å²) in [6, 6.07) is 17.9. The van der Waals surface area contributed by atoms with Crippen molar-refractivity contribution in [3.63, 3.8) is 0 Å². The van der Waals surface area contributed by atoms with Crippen molar-refractivity contribution in [2.45, 2.75) is 12.0 Å². The van der Waals surface area contributed by atoms with Gasteiger partial charge >= 0.3 is 5.97 Å². The van der Waals surface area contributed by atoms with Gasteiger partial charge in [-0.1, -0.05) is 48.6 Å². The molecule has 1 aliphatic carbocycles. The van der Waals surface area contributed by atoms with E-state index in [1.54, 1.807) is 41.0 Å². The summed E-state index contributed by atoms with van der Waals surface area (Å²) in [5.74, 6) is -1.23. The number of benzene rings is 2. The third kappa shape index (κ3) is 3.50. The van der Waals surface area contributed by atoms with E-state index in [-0.39, 0.29) is 23.7 Å². The van der Waals surface area contributed by atoms with Crippen LogP contribution >= 0.6 is 11.3 Å². The van der Waals surface area contributed by atoms with Crippen LogP contribution in [0.3, 0.4) is 0 Å². The Balaban J connectivity index is 1.59. The highest BCUT2D eigenvalue weighted by Crippen LogP contribution is 2.43. The Morgan fingerprint density at radius 1 is 1.03 bits per heavy atom. The zero-order chi connectivity index (χ0) is 23.0. The molecule has 4 aromatic rings. The van der Waals surface area contributed by atoms with Crippen molar-refractivity contribution in [1.82, 2.24) is 4.57 Å². The second-order valence-electron chi connectivity index (χ2n) is 7.65. The highest BCUT2D eigenvalue weighted by molar-refractivity contribution is 7.12. The first-order chi connectivity index (χ1) is 16.0. The van der Waals surface area contributed by atoms with Crippen LogP contribution in [0.4, 0.5) is 5.69 Å². The van der Waals surface area contributed by atoms with Crippen molar-refractivity contribution in [1.29, 1.82) is 0 Å². The number of aromatic hydroxyl groups is 2. The number of aromatic nitrogens is 1. The zero-order valence-electron chi connectivity index (χ0n) is 17.3. The number of phenolic OH excluding ortho intramolecular Hbond substituents is 1. The first-order valence-electron chi connectivity index (χ1n) is 10.2. The summed E-state index contributed by atoms with van der Waals surface area (Å²) in [4.78, 5) is 12.3. The minimum Gasteiger partial charge on any atom is -0.507 e. The van der Waals surface area contributed by atoms with Crippen LogP contribution in [-0.4, -0.2) is 31.4 Å². The van der Waals surface area contributed by atoms with Crippen LogP contribution in [0.1, 0.15) is 12.0 Å². The third-order valence-electron chi connectivity index (χ3n) is 5.63. The lowest BCUT2D eigenvalue weighted by Gasteiger charge is -2.25. The fraction of sp³-hybridized carbons (Fsp3) is 0.0800. The number of thiophene rings is 1. The van der Waals surface area contributed by atoms with Gasteiger partial charge in [-0.05, 0) is 41.3 Å². The number of rotatable bonds is 5. The number of aliphatic carboxylic acids is 1. The Morgan fingerprint density at radius 2 is 1.82 bits per heavy atom. The minimum atomic E-state index is -1.68. The molecule has 8 heteroatoms. The molecule has 0 radical (unpaired) electrons. The zero-order valence-corrected chi connectivity index (χ0v) is 18.1. The molecule has 0 saturated heterocycles. The van der Waals surface area contributed by atoms with Gasteiger partial charge in [-0.2, -0.15) is 5.11 Å². The topological polar surface area (TPSA) is 107 Å². The van der Waals surface area contributed by atoms with Crippen LogP contribution in [0.25, 0.3) is 21.5 Å². The molecule has 2 aromatic heterocycles. The highest BCUT2D eigenvalue weighted by atomic mass is 32.1. The van der Waals surface area contributed by atoms with Crippen molar-refractivity contribution in [3.05, 3.63) is 89.8 Å². The number of hydrogen-bond donors (Lipinski definition) is 3. The van der Waals surface area contributed by atoms with Crippen molar-refractivity contribution in [2.75, 3.05) is 0 Å². The second-order valence-corrected chi connectivity index (χ2v) is 8.58. The molecule has 0 aliphatic heterocycles. The van der Waals surface area contributed by atoms with E-state index < -0.39 is 11.5 Å². The molecule has 0 spiro atoms. The van der Waals surface area contributed by atoms with Gasteiger partial charge in [0.15, 0.2) is 5.69 Å². The molecule has 0 bridgehead atoms. The quantitative estimate of drug-likeness (QED) is 0.317. The van der Waals surface area contributed by atoms with Crippen molar-refractivity contribution in [3.8, 4) is 16.6 Å². The Bertz CT molecular complexity index is 1450. The molecule has 5 rings (SSSR count). The molecular formula is C25H19N3O4S. The van der Waals surface area contributed by atoms with E-state index in [1.165, 1.54) is 17.4 Å². The van der Waals surface area contributed by atoms with E-state index in [9.17, 15) is 20.1 Å². The summed E-state index contributed by atoms with van der Waals surface area (Å²) in [6.07, 6.45) is 4.83. The number of carboxylic acids is 1. The molecule has 0 amide bonds. The summed E-state index contributed by atoms with van der Waals surface area (Å²) in [6.45, 7) is 0. The number of carboxylic acid groups (broad SMARTS) is 1. The number of nitrogens with zero attached hydrogens (tertiary/aromatic N) is 3. The number of phenols is 1. The van der Waals surface area contributed by atoms with Crippen LogP contribution in [0.15, 0.2) is 94.5 Å². The Labute approximate surface area is 192 Å². The van der Waals surface area contributed by atoms with Crippen molar-refractivity contribution in [2.24, 2.45) is 10.2 Å². The average molecular weight is 458 g/mol. The Hall–Kier alpha value is -4.17. The minimum absolute atomic E-state index is 0.00420. The first kappa shape index (κ1) is 20.7. The van der Waals surface area contributed by atoms with Gasteiger partial charge in [0.1, 0.15) is 10.8 Å². The molecule has 33 heavy (non-hydrogen) atoms. The molecule has 164 valence electrons. The summed E-state index contributed by atoms with van der Waals surface area (Å²) in [7, 11) is 0. The lowest BCUT2D eigenvalue weighted by Crippen LogP contribution is -2.35. The van der Waals surface area contributed by atoms with E-state index in [1.807, 2.05) is 41.8 Å². The largest absolute Gasteiger partial charge is 0.507 e. The van der Waals surface area contributed by atoms with Gasteiger partial charge in [-0.25, -0.2) is 4.79 Å². The first-order valence-corrected chi connectivity index (χ1v) is 11.1. The molecule has 1 atom stereocenters. The monoisotopic (exact) mass is 457 g/mol. The van der Waals surface area contributed by atoms with Gasteiger partial charge in [0, 0.05) is 17.4 Å². The number of azo groups is 1. The molecule has 0 saturated carbocycles. The second kappa shape index (κ2) is 8.07. The van der Waals surface area contributed by atoms with Gasteiger partial charge in [-0.3, -0.25) is 4.57 Å². The van der Waals surface area contributed by atoms with Crippen LogP contribution < -0.4 is 0 Å². The maximum Gasteiger partial charge on any atom is 0.337 e. The summed E-state index contributed by atoms with van der Waals surface area (Å²) >= 11 is 1.46. The molecule has 0 fully saturated rings. The molecule has 2 aromatic carbocycles. The van der Waals surface area contributed by atoms with Gasteiger partial charge in [-0.15, -0.1) is 16.5 Å². The summed E-state index contributed by atoms with van der Waals surface area (Å²) in [5, 5.41) is 43.2. The lowest BCUT2D eigenvalue weighted by molar-refractivity contribution is -0.141. The number of fused-ring (bicyclic) bond motifs is 1. The van der Waals surface area contributed by atoms with Crippen LogP contribution in [0.5, 0.6) is 11.6 Å². The number of allylic oxidation sites excluding steroid dienone is 2. The van der Waals surface area contributed by atoms with Crippen molar-refractivity contribution >= 4 is 39.5 Å². The van der Waals surface area contributed by atoms with E-state index in [0.717, 1.165) is 10.5 Å². The van der Waals surface area contributed by atoms with Gasteiger partial charge in [0.2, 0.25) is 11.4 Å². The molecule has 3 N–H and O–H groups in total. The lowest BCUT2D eigenvalue weighted by atomic mass is 9.84. The summed E-state index contributed by atoms with van der Waals surface area (Å²) in [5.41, 5.74) is 0.434. The number of para-hydroxylation sites is 2. The standard InChI is InChI=1S/C25H19N3O4S/c29-20-11-4-2-8-17(20)16-7-5-13-25(15-16,24(31)32)27-26-22-18-9-1-3-10-19(18)28(23(22)30)21-12-6-14-33-21/h1-14,29-30H,15H2,(H,31,32). The van der Waals surface area contributed by atoms with Crippen LogP contribution in [0.2, 0.25) is 0 Å². The molecule has 1 aliphatic rings. The predicted octanol–water partition coefficient (Wildman–Crippen LogP) is 6.05. The average Bonchev–Trinajstić information content (AvgIpc) is 3.44. The molecule has 2 heterocycles. The maximum atomic E-state index is 12.3. The normalized spacial score (nSPS) is 18.1. The van der Waals surface area contributed by atoms with Gasteiger partial charge in [0.25, 0.3) is 0 Å². The Kier molecular flexibility index (Phi) is 5.07. The molecular weight excluding hydrogens is 438 g/mol. The smallest absolute Gasteiger partial charge is 0.337 e. The fourth-order valence-corrected chi connectivity index (χ4v) is 4.73. The van der Waals surface area contributed by atoms with Crippen LogP contribution in [-0.2, 0) is 4.79 Å². The van der Waals surface area contributed by atoms with Crippen molar-refractivity contribution < 1.29 is 20.1 Å². The van der Waals surface area contributed by atoms with Gasteiger partial charge < -0.3 is 15.3 Å². The van der Waals surface area contributed by atoms with E-state index in [0.29, 0.717) is 16.5 Å². The highest BCUT2D eigenvalue weighted by Gasteiger charge is 2.39. The molecule has 1 unspecified atom stereocenters. The van der Waals surface area contributed by atoms with E-state index in [4.69, 9.17) is 0 Å². The van der Waals surface area contributed by atoms with Crippen LogP contribution in [0, 0.1) is 0 Å². The number of carbonyl (C=O) groups is 1.